The minimum atomic E-state index is 0.233. The zero-order chi connectivity index (χ0) is 17.4. The standard InChI is InChI=1S/C13H14O.C9H12O/c1-10(2)14-13-8-7-11-5-3-4-6-12(11)9-13;1-8(2)10-9-6-4-3-5-7-9/h3-10H,1-2H3;3-8H,1-2H3. The third-order valence-corrected chi connectivity index (χ3v) is 3.21. The van der Waals surface area contributed by atoms with Crippen molar-refractivity contribution >= 4 is 10.8 Å². The normalized spacial score (nSPS) is 10.4. The van der Waals surface area contributed by atoms with Crippen molar-refractivity contribution in [3.8, 4) is 11.5 Å². The maximum Gasteiger partial charge on any atom is 0.120 e. The lowest BCUT2D eigenvalue weighted by Gasteiger charge is -2.09. The Balaban J connectivity index is 0.000000185. The highest BCUT2D eigenvalue weighted by Crippen LogP contribution is 2.21. The molecule has 0 atom stereocenters. The van der Waals surface area contributed by atoms with E-state index in [1.165, 1.54) is 10.8 Å². The van der Waals surface area contributed by atoms with E-state index in [2.05, 4.69) is 24.3 Å². The molecule has 0 radical (unpaired) electrons. The summed E-state index contributed by atoms with van der Waals surface area (Å²) in [6.45, 7) is 8.12. The molecule has 0 aliphatic carbocycles. The van der Waals surface area contributed by atoms with Crippen molar-refractivity contribution in [2.45, 2.75) is 39.9 Å². The van der Waals surface area contributed by atoms with Gasteiger partial charge < -0.3 is 9.47 Å². The molecule has 0 aliphatic heterocycles. The van der Waals surface area contributed by atoms with E-state index in [0.29, 0.717) is 0 Å². The molecule has 0 heterocycles. The zero-order valence-electron chi connectivity index (χ0n) is 14.9. The summed E-state index contributed by atoms with van der Waals surface area (Å²) in [6.07, 6.45) is 0.499. The number of benzene rings is 3. The molecule has 2 heteroatoms. The van der Waals surface area contributed by atoms with Crippen molar-refractivity contribution in [2.75, 3.05) is 0 Å². The average Bonchev–Trinajstić information content (AvgIpc) is 2.55. The summed E-state index contributed by atoms with van der Waals surface area (Å²) >= 11 is 0. The van der Waals surface area contributed by atoms with Gasteiger partial charge in [-0.25, -0.2) is 0 Å². The first-order valence-corrected chi connectivity index (χ1v) is 8.42. The fraction of sp³-hybridized carbons (Fsp3) is 0.273. The number of hydrogen-bond donors (Lipinski definition) is 0. The molecule has 0 aliphatic rings. The smallest absolute Gasteiger partial charge is 0.120 e. The van der Waals surface area contributed by atoms with Gasteiger partial charge in [-0.3, -0.25) is 0 Å². The Morgan fingerprint density at radius 3 is 1.71 bits per heavy atom. The number of hydrogen-bond acceptors (Lipinski definition) is 2. The third-order valence-electron chi connectivity index (χ3n) is 3.21. The highest BCUT2D eigenvalue weighted by atomic mass is 16.5. The first-order valence-electron chi connectivity index (χ1n) is 8.42. The molecule has 0 spiro atoms. The second-order valence-electron chi connectivity index (χ2n) is 6.16. The summed E-state index contributed by atoms with van der Waals surface area (Å²) < 4.78 is 11.0. The highest BCUT2D eigenvalue weighted by Gasteiger charge is 1.98. The molecule has 2 nitrogen and oxygen atoms in total. The monoisotopic (exact) mass is 322 g/mol. The summed E-state index contributed by atoms with van der Waals surface area (Å²) in [5.74, 6) is 1.89. The molecule has 0 bridgehead atoms. The van der Waals surface area contributed by atoms with Crippen molar-refractivity contribution in [1.82, 2.24) is 0 Å². The molecular formula is C22H26O2. The van der Waals surface area contributed by atoms with Gasteiger partial charge in [0, 0.05) is 0 Å². The Bertz CT molecular complexity index is 733. The van der Waals surface area contributed by atoms with E-state index in [1.54, 1.807) is 0 Å². The van der Waals surface area contributed by atoms with Crippen molar-refractivity contribution in [3.63, 3.8) is 0 Å². The van der Waals surface area contributed by atoms with E-state index >= 15 is 0 Å². The Morgan fingerprint density at radius 1 is 0.542 bits per heavy atom. The van der Waals surface area contributed by atoms with Crippen LogP contribution in [0, 0.1) is 0 Å². The van der Waals surface area contributed by atoms with Crippen LogP contribution in [0.25, 0.3) is 10.8 Å². The van der Waals surface area contributed by atoms with Gasteiger partial charge in [-0.15, -0.1) is 0 Å². The molecular weight excluding hydrogens is 296 g/mol. The molecule has 0 saturated heterocycles. The average molecular weight is 322 g/mol. The Morgan fingerprint density at radius 2 is 1.08 bits per heavy atom. The second kappa shape index (κ2) is 8.97. The van der Waals surface area contributed by atoms with E-state index in [1.807, 2.05) is 76.2 Å². The van der Waals surface area contributed by atoms with Crippen molar-refractivity contribution < 1.29 is 9.47 Å². The van der Waals surface area contributed by atoms with Crippen LogP contribution in [0.15, 0.2) is 72.8 Å². The summed E-state index contributed by atoms with van der Waals surface area (Å²) in [6, 6.07) is 24.3. The number of fused-ring (bicyclic) bond motifs is 1. The maximum absolute atomic E-state index is 5.62. The zero-order valence-corrected chi connectivity index (χ0v) is 14.9. The molecule has 3 aromatic rings. The second-order valence-corrected chi connectivity index (χ2v) is 6.16. The topological polar surface area (TPSA) is 18.5 Å². The fourth-order valence-electron chi connectivity index (χ4n) is 2.28. The van der Waals surface area contributed by atoms with Gasteiger partial charge in [0.1, 0.15) is 11.5 Å². The molecule has 0 amide bonds. The largest absolute Gasteiger partial charge is 0.491 e. The summed E-state index contributed by atoms with van der Waals surface area (Å²) in [5, 5.41) is 2.48. The van der Waals surface area contributed by atoms with Crippen LogP contribution >= 0.6 is 0 Å². The minimum Gasteiger partial charge on any atom is -0.491 e. The molecule has 24 heavy (non-hydrogen) atoms. The van der Waals surface area contributed by atoms with Crippen LogP contribution in [0.4, 0.5) is 0 Å². The summed E-state index contributed by atoms with van der Waals surface area (Å²) in [4.78, 5) is 0. The SMILES string of the molecule is CC(C)Oc1ccc2ccccc2c1.CC(C)Oc1ccccc1. The summed E-state index contributed by atoms with van der Waals surface area (Å²) in [7, 11) is 0. The van der Waals surface area contributed by atoms with E-state index in [-0.39, 0.29) is 12.2 Å². The Labute approximate surface area is 145 Å². The van der Waals surface area contributed by atoms with Gasteiger partial charge in [0.2, 0.25) is 0 Å². The number of para-hydroxylation sites is 1. The van der Waals surface area contributed by atoms with Crippen LogP contribution in [-0.2, 0) is 0 Å². The van der Waals surface area contributed by atoms with Crippen LogP contribution in [-0.4, -0.2) is 12.2 Å². The van der Waals surface area contributed by atoms with Gasteiger partial charge in [-0.05, 0) is 62.7 Å². The van der Waals surface area contributed by atoms with Crippen molar-refractivity contribution in [3.05, 3.63) is 72.8 Å². The van der Waals surface area contributed by atoms with Crippen LogP contribution in [0.2, 0.25) is 0 Å². The lowest BCUT2D eigenvalue weighted by Crippen LogP contribution is -2.05. The molecule has 3 rings (SSSR count). The first kappa shape index (κ1) is 17.9. The molecule has 0 aromatic heterocycles. The third kappa shape index (κ3) is 5.96. The molecule has 0 unspecified atom stereocenters. The van der Waals surface area contributed by atoms with E-state index in [9.17, 15) is 0 Å². The van der Waals surface area contributed by atoms with Crippen LogP contribution in [0.3, 0.4) is 0 Å². The van der Waals surface area contributed by atoms with Gasteiger partial charge in [-0.2, -0.15) is 0 Å². The van der Waals surface area contributed by atoms with Gasteiger partial charge in [0.15, 0.2) is 0 Å². The van der Waals surface area contributed by atoms with Gasteiger partial charge in [0.25, 0.3) is 0 Å². The quantitative estimate of drug-likeness (QED) is 0.577. The fourth-order valence-corrected chi connectivity index (χ4v) is 2.28. The van der Waals surface area contributed by atoms with Crippen molar-refractivity contribution in [2.24, 2.45) is 0 Å². The molecule has 126 valence electrons. The van der Waals surface area contributed by atoms with Crippen LogP contribution in [0.5, 0.6) is 11.5 Å². The molecule has 3 aromatic carbocycles. The lowest BCUT2D eigenvalue weighted by molar-refractivity contribution is 0.242. The van der Waals surface area contributed by atoms with Crippen molar-refractivity contribution in [1.29, 1.82) is 0 Å². The van der Waals surface area contributed by atoms with Gasteiger partial charge in [-0.1, -0.05) is 48.5 Å². The van der Waals surface area contributed by atoms with E-state index in [4.69, 9.17) is 9.47 Å². The van der Waals surface area contributed by atoms with Crippen LogP contribution < -0.4 is 9.47 Å². The predicted octanol–water partition coefficient (Wildman–Crippen LogP) is 6.10. The number of ether oxygens (including phenoxy) is 2. The maximum atomic E-state index is 5.62. The minimum absolute atomic E-state index is 0.233. The Hall–Kier alpha value is -2.48. The van der Waals surface area contributed by atoms with Crippen LogP contribution in [0.1, 0.15) is 27.7 Å². The van der Waals surface area contributed by atoms with E-state index in [0.717, 1.165) is 11.5 Å². The first-order chi connectivity index (χ1) is 11.5. The highest BCUT2D eigenvalue weighted by molar-refractivity contribution is 5.83. The predicted molar refractivity (Wildman–Crippen MR) is 102 cm³/mol. The van der Waals surface area contributed by atoms with Gasteiger partial charge in [0.05, 0.1) is 12.2 Å². The molecule has 0 saturated carbocycles. The molecule has 0 N–H and O–H groups in total. The van der Waals surface area contributed by atoms with E-state index < -0.39 is 0 Å². The number of rotatable bonds is 4. The Kier molecular flexibility index (Phi) is 6.68. The summed E-state index contributed by atoms with van der Waals surface area (Å²) in [5.41, 5.74) is 0. The van der Waals surface area contributed by atoms with Gasteiger partial charge >= 0.3 is 0 Å². The molecule has 0 fully saturated rings. The lowest BCUT2D eigenvalue weighted by atomic mass is 10.1.